The molecule has 0 aromatic rings. The highest BCUT2D eigenvalue weighted by Crippen LogP contribution is 2.22. The van der Waals surface area contributed by atoms with Crippen molar-refractivity contribution < 1.29 is 23.0 Å². The summed E-state index contributed by atoms with van der Waals surface area (Å²) >= 11 is 0. The molecule has 7 heteroatoms. The van der Waals surface area contributed by atoms with Gasteiger partial charge in [-0.25, -0.2) is 9.74 Å². The van der Waals surface area contributed by atoms with E-state index < -0.39 is 17.9 Å². The van der Waals surface area contributed by atoms with E-state index in [1.807, 2.05) is 0 Å². The van der Waals surface area contributed by atoms with E-state index in [-0.39, 0.29) is 12.1 Å². The van der Waals surface area contributed by atoms with Gasteiger partial charge in [-0.2, -0.15) is 8.78 Å². The summed E-state index contributed by atoms with van der Waals surface area (Å²) in [6.07, 6.45) is 0. The summed E-state index contributed by atoms with van der Waals surface area (Å²) in [5, 5.41) is 0. The molecule has 0 fully saturated rings. The van der Waals surface area contributed by atoms with Crippen LogP contribution < -0.4 is 5.73 Å². The number of alkyl halides is 2. The molecular weight excluding hydrogens is 225 g/mol. The summed E-state index contributed by atoms with van der Waals surface area (Å²) in [7, 11) is 1.58. The number of nitrogens with two attached hydrogens (primary N) is 1. The zero-order valence-corrected chi connectivity index (χ0v) is 9.76. The fourth-order valence-electron chi connectivity index (χ4n) is 0.886. The molecule has 96 valence electrons. The van der Waals surface area contributed by atoms with Gasteiger partial charge in [-0.1, -0.05) is 0 Å². The lowest BCUT2D eigenvalue weighted by molar-refractivity contribution is -0.214. The van der Waals surface area contributed by atoms with E-state index in [0.717, 1.165) is 0 Å². The first-order valence-electron chi connectivity index (χ1n) is 4.71. The largest absolute Gasteiger partial charge is 0.419 e. The van der Waals surface area contributed by atoms with Crippen molar-refractivity contribution in [2.24, 2.45) is 5.73 Å². The molecule has 2 N–H and O–H groups in total. The number of nitrogens with zero attached hydrogens (tertiary/aromatic N) is 1. The fraction of sp³-hybridized carbons (Fsp3) is 0.889. The second-order valence-electron chi connectivity index (χ2n) is 4.65. The van der Waals surface area contributed by atoms with Crippen LogP contribution in [0.3, 0.4) is 0 Å². The van der Waals surface area contributed by atoms with Crippen molar-refractivity contribution in [1.82, 2.24) is 4.90 Å². The normalized spacial score (nSPS) is 15.1. The molecule has 1 atom stereocenters. The predicted octanol–water partition coefficient (Wildman–Crippen LogP) is 1.11. The second kappa shape index (κ2) is 5.01. The van der Waals surface area contributed by atoms with Crippen molar-refractivity contribution >= 4 is 5.97 Å². The van der Waals surface area contributed by atoms with Gasteiger partial charge < -0.3 is 5.73 Å². The number of hydrogen-bond donors (Lipinski definition) is 1. The van der Waals surface area contributed by atoms with Gasteiger partial charge in [-0.3, -0.25) is 4.90 Å². The van der Waals surface area contributed by atoms with E-state index in [9.17, 15) is 18.1 Å². The lowest BCUT2D eigenvalue weighted by Gasteiger charge is -2.34. The minimum Gasteiger partial charge on any atom is -0.321 e. The van der Waals surface area contributed by atoms with Crippen LogP contribution in [-0.4, -0.2) is 42.0 Å². The highest BCUT2D eigenvalue weighted by Gasteiger charge is 2.48. The van der Waals surface area contributed by atoms with Crippen LogP contribution >= 0.6 is 0 Å². The number of hydrogen-bond acceptors (Lipinski definition) is 4. The molecule has 0 aromatic carbocycles. The van der Waals surface area contributed by atoms with Crippen molar-refractivity contribution in [3.05, 3.63) is 0 Å². The van der Waals surface area contributed by atoms with E-state index in [0.29, 0.717) is 0 Å². The Bertz CT molecular complexity index is 254. The first-order chi connectivity index (χ1) is 7.03. The molecule has 4 nitrogen and oxygen atoms in total. The summed E-state index contributed by atoms with van der Waals surface area (Å²) < 4.78 is 37.6. The maximum atomic E-state index is 13.1. The molecule has 0 spiro atoms. The smallest absolute Gasteiger partial charge is 0.321 e. The van der Waals surface area contributed by atoms with Gasteiger partial charge in [0.2, 0.25) is 0 Å². The molecule has 0 aliphatic carbocycles. The van der Waals surface area contributed by atoms with E-state index in [1.165, 1.54) is 4.90 Å². The first kappa shape index (κ1) is 15.2. The van der Waals surface area contributed by atoms with Crippen molar-refractivity contribution in [3.8, 4) is 0 Å². The van der Waals surface area contributed by atoms with E-state index >= 15 is 0 Å². The maximum absolute atomic E-state index is 13.1. The average molecular weight is 242 g/mol. The third-order valence-electron chi connectivity index (χ3n) is 2.42. The van der Waals surface area contributed by atoms with Crippen LogP contribution in [0.15, 0.2) is 0 Å². The van der Waals surface area contributed by atoms with Crippen LogP contribution in [0.25, 0.3) is 0 Å². The molecule has 0 radical (unpaired) electrons. The minimum atomic E-state index is -4.03. The summed E-state index contributed by atoms with van der Waals surface area (Å²) in [4.78, 5) is 14.5. The zero-order chi connectivity index (χ0) is 13.1. The molecule has 1 unspecified atom stereocenters. The van der Waals surface area contributed by atoms with Gasteiger partial charge in [0.1, 0.15) is 0 Å². The standard InChI is InChI=1S/C9H17F3N2O2/c1-8(2,3)14(4)5-6(13)9(10,11)7(15)16-12/h6H,5,13H2,1-4H3. The van der Waals surface area contributed by atoms with Crippen LogP contribution in [-0.2, 0) is 9.74 Å². The molecule has 0 aliphatic rings. The van der Waals surface area contributed by atoms with Gasteiger partial charge >= 0.3 is 11.9 Å². The number of rotatable bonds is 4. The molecule has 0 saturated carbocycles. The number of halogens is 3. The number of carbonyl (C=O) groups is 1. The molecule has 0 amide bonds. The van der Waals surface area contributed by atoms with Gasteiger partial charge in [0.05, 0.1) is 6.04 Å². The van der Waals surface area contributed by atoms with Crippen LogP contribution in [0.2, 0.25) is 0 Å². The average Bonchev–Trinajstić information content (AvgIpc) is 2.14. The Morgan fingerprint density at radius 1 is 1.44 bits per heavy atom. The Hall–Kier alpha value is -0.820. The van der Waals surface area contributed by atoms with E-state index in [2.05, 4.69) is 4.94 Å². The Labute approximate surface area is 92.4 Å². The van der Waals surface area contributed by atoms with Crippen LogP contribution in [0.5, 0.6) is 0 Å². The van der Waals surface area contributed by atoms with E-state index in [4.69, 9.17) is 5.73 Å². The minimum absolute atomic E-state index is 0.258. The summed E-state index contributed by atoms with van der Waals surface area (Å²) in [5.41, 5.74) is 4.78. The lowest BCUT2D eigenvalue weighted by atomic mass is 10.0. The van der Waals surface area contributed by atoms with Crippen molar-refractivity contribution in [2.75, 3.05) is 13.6 Å². The quantitative estimate of drug-likeness (QED) is 0.802. The Morgan fingerprint density at radius 2 is 1.88 bits per heavy atom. The van der Waals surface area contributed by atoms with Gasteiger partial charge in [-0.05, 0) is 27.8 Å². The monoisotopic (exact) mass is 242 g/mol. The highest BCUT2D eigenvalue weighted by molar-refractivity contribution is 5.77. The first-order valence-corrected chi connectivity index (χ1v) is 4.71. The second-order valence-corrected chi connectivity index (χ2v) is 4.65. The highest BCUT2D eigenvalue weighted by atomic mass is 19.3. The molecule has 0 aromatic heterocycles. The lowest BCUT2D eigenvalue weighted by Crippen LogP contribution is -2.55. The molecule has 16 heavy (non-hydrogen) atoms. The molecule has 0 heterocycles. The molecule has 0 aliphatic heterocycles. The molecular formula is C9H17F3N2O2. The summed E-state index contributed by atoms with van der Waals surface area (Å²) in [6.45, 7) is 5.13. The van der Waals surface area contributed by atoms with Gasteiger partial charge in [-0.15, -0.1) is 0 Å². The summed E-state index contributed by atoms with van der Waals surface area (Å²) in [5.74, 6) is -6.30. The molecule has 0 saturated heterocycles. The summed E-state index contributed by atoms with van der Waals surface area (Å²) in [6, 6.07) is -1.82. The number of carbonyl (C=O) groups excluding carboxylic acids is 1. The maximum Gasteiger partial charge on any atom is 0.419 e. The van der Waals surface area contributed by atoms with Crippen molar-refractivity contribution in [2.45, 2.75) is 38.3 Å². The van der Waals surface area contributed by atoms with Crippen LogP contribution in [0, 0.1) is 0 Å². The third kappa shape index (κ3) is 3.64. The van der Waals surface area contributed by atoms with E-state index in [1.54, 1.807) is 27.8 Å². The van der Waals surface area contributed by atoms with Crippen molar-refractivity contribution in [1.29, 1.82) is 0 Å². The number of likely N-dealkylation sites (N-methyl/N-ethyl adjacent to an activating group) is 1. The Balaban J connectivity index is 4.58. The van der Waals surface area contributed by atoms with Gasteiger partial charge in [0, 0.05) is 16.6 Å². The van der Waals surface area contributed by atoms with Crippen LogP contribution in [0.4, 0.5) is 13.3 Å². The van der Waals surface area contributed by atoms with Gasteiger partial charge in [0.25, 0.3) is 0 Å². The van der Waals surface area contributed by atoms with Gasteiger partial charge in [0.15, 0.2) is 0 Å². The molecule has 0 rings (SSSR count). The molecule has 0 bridgehead atoms. The van der Waals surface area contributed by atoms with Crippen molar-refractivity contribution in [3.63, 3.8) is 0 Å². The zero-order valence-electron chi connectivity index (χ0n) is 9.76. The predicted molar refractivity (Wildman–Crippen MR) is 52.5 cm³/mol. The Kier molecular flexibility index (Phi) is 4.75. The van der Waals surface area contributed by atoms with Crippen LogP contribution in [0.1, 0.15) is 20.8 Å². The topological polar surface area (TPSA) is 55.6 Å². The third-order valence-corrected chi connectivity index (χ3v) is 2.42. The fourth-order valence-corrected chi connectivity index (χ4v) is 0.886. The SMILES string of the molecule is CN(CC(N)C(F)(F)C(=O)OF)C(C)(C)C. The Morgan fingerprint density at radius 3 is 2.19 bits per heavy atom.